The molecule has 1 aliphatic rings. The van der Waals surface area contributed by atoms with Gasteiger partial charge in [-0.05, 0) is 39.8 Å². The van der Waals surface area contributed by atoms with Crippen molar-refractivity contribution in [2.45, 2.75) is 50.6 Å². The van der Waals surface area contributed by atoms with E-state index in [0.717, 1.165) is 6.07 Å². The second-order valence-corrected chi connectivity index (χ2v) is 9.74. The summed E-state index contributed by atoms with van der Waals surface area (Å²) in [6, 6.07) is 5.61. The number of alkyl halides is 2. The Morgan fingerprint density at radius 2 is 1.94 bits per heavy atom. The van der Waals surface area contributed by atoms with Crippen LogP contribution in [-0.4, -0.2) is 55.6 Å². The van der Waals surface area contributed by atoms with Crippen LogP contribution in [-0.2, 0) is 19.5 Å². The average Bonchev–Trinajstić information content (AvgIpc) is 2.98. The van der Waals surface area contributed by atoms with Crippen molar-refractivity contribution in [3.63, 3.8) is 0 Å². The maximum absolute atomic E-state index is 12.8. The van der Waals surface area contributed by atoms with E-state index < -0.39 is 45.9 Å². The molecule has 2 aromatic rings. The van der Waals surface area contributed by atoms with E-state index >= 15 is 0 Å². The summed E-state index contributed by atoms with van der Waals surface area (Å²) in [5, 5.41) is 2.08. The molecule has 11 nitrogen and oxygen atoms in total. The number of carbonyl (C=O) groups excluding carboxylic acids is 1. The van der Waals surface area contributed by atoms with Crippen molar-refractivity contribution in [1.82, 2.24) is 14.7 Å². The minimum atomic E-state index is -4.40. The zero-order valence-electron chi connectivity index (χ0n) is 18.8. The minimum absolute atomic E-state index is 0.0147. The van der Waals surface area contributed by atoms with Crippen molar-refractivity contribution in [3.05, 3.63) is 36.0 Å². The number of halogens is 2. The molecule has 14 heteroatoms. The summed E-state index contributed by atoms with van der Waals surface area (Å²) in [6.07, 6.45) is 0. The highest BCUT2D eigenvalue weighted by Crippen LogP contribution is 2.32. The Kier molecular flexibility index (Phi) is 7.24. The van der Waals surface area contributed by atoms with Gasteiger partial charge in [0.15, 0.2) is 5.79 Å². The molecule has 0 bridgehead atoms. The second kappa shape index (κ2) is 9.64. The van der Waals surface area contributed by atoms with Crippen LogP contribution in [0.25, 0.3) is 0 Å². The fourth-order valence-corrected chi connectivity index (χ4v) is 4.18. The fourth-order valence-electron chi connectivity index (χ4n) is 3.12. The van der Waals surface area contributed by atoms with Gasteiger partial charge in [0.2, 0.25) is 11.8 Å². The molecule has 3 rings (SSSR count). The molecular formula is C20H24F2N4O7S. The van der Waals surface area contributed by atoms with E-state index in [2.05, 4.69) is 20.0 Å². The minimum Gasteiger partial charge on any atom is -0.489 e. The third-order valence-corrected chi connectivity index (χ3v) is 5.75. The number of carbonyl (C=O) groups is 1. The van der Waals surface area contributed by atoms with Crippen LogP contribution in [0.1, 0.15) is 26.5 Å². The van der Waals surface area contributed by atoms with Crippen LogP contribution >= 0.6 is 0 Å². The molecule has 2 heterocycles. The number of benzene rings is 1. The van der Waals surface area contributed by atoms with Gasteiger partial charge in [-0.1, -0.05) is 12.1 Å². The van der Waals surface area contributed by atoms with Crippen molar-refractivity contribution in [2.75, 3.05) is 18.5 Å². The normalized spacial score (nSPS) is 19.6. The summed E-state index contributed by atoms with van der Waals surface area (Å²) in [5.74, 6) is -1.74. The highest BCUT2D eigenvalue weighted by Gasteiger charge is 2.43. The van der Waals surface area contributed by atoms with Crippen molar-refractivity contribution < 1.29 is 40.9 Å². The molecule has 34 heavy (non-hydrogen) atoms. The van der Waals surface area contributed by atoms with Gasteiger partial charge in [-0.15, -0.1) is 0 Å². The smallest absolute Gasteiger partial charge is 0.388 e. The molecule has 0 saturated carbocycles. The van der Waals surface area contributed by atoms with E-state index in [1.54, 1.807) is 26.8 Å². The summed E-state index contributed by atoms with van der Waals surface area (Å²) in [7, 11) is -4.40. The zero-order chi connectivity index (χ0) is 25.1. The number of hydrogen-bond acceptors (Lipinski definition) is 9. The van der Waals surface area contributed by atoms with Gasteiger partial charge >= 0.3 is 12.6 Å². The van der Waals surface area contributed by atoms with Crippen molar-refractivity contribution in [2.24, 2.45) is 0 Å². The molecule has 1 aromatic carbocycles. The Labute approximate surface area is 194 Å². The lowest BCUT2D eigenvalue weighted by molar-refractivity contribution is -0.163. The molecule has 1 unspecified atom stereocenters. The summed E-state index contributed by atoms with van der Waals surface area (Å²) in [5.41, 5.74) is -0.608. The average molecular weight is 502 g/mol. The van der Waals surface area contributed by atoms with Gasteiger partial charge in [0.1, 0.15) is 22.9 Å². The number of urea groups is 1. The van der Waals surface area contributed by atoms with Crippen LogP contribution in [0.3, 0.4) is 0 Å². The molecule has 1 atom stereocenters. The molecule has 1 aromatic heterocycles. The molecule has 2 amide bonds. The lowest BCUT2D eigenvalue weighted by Gasteiger charge is -2.25. The summed E-state index contributed by atoms with van der Waals surface area (Å²) in [4.78, 5) is 19.4. The summed E-state index contributed by atoms with van der Waals surface area (Å²) in [6.45, 7) is 3.80. The maximum Gasteiger partial charge on any atom is 0.388 e. The van der Waals surface area contributed by atoms with Crippen molar-refractivity contribution in [3.8, 4) is 11.6 Å². The first-order valence-electron chi connectivity index (χ1n) is 9.97. The summed E-state index contributed by atoms with van der Waals surface area (Å²) < 4.78 is 73.6. The van der Waals surface area contributed by atoms with Crippen LogP contribution in [0.4, 0.5) is 19.5 Å². The van der Waals surface area contributed by atoms with Crippen molar-refractivity contribution in [1.29, 1.82) is 0 Å². The Morgan fingerprint density at radius 3 is 2.59 bits per heavy atom. The van der Waals surface area contributed by atoms with E-state index in [9.17, 15) is 22.0 Å². The van der Waals surface area contributed by atoms with Crippen molar-refractivity contribution >= 4 is 22.0 Å². The molecular weight excluding hydrogens is 478 g/mol. The molecule has 0 spiro atoms. The van der Waals surface area contributed by atoms with Crippen LogP contribution in [0.15, 0.2) is 35.2 Å². The molecule has 186 valence electrons. The number of hydrogen-bond donors (Lipinski definition) is 2. The van der Waals surface area contributed by atoms with Gasteiger partial charge in [0, 0.05) is 11.8 Å². The van der Waals surface area contributed by atoms with E-state index in [0.29, 0.717) is 0 Å². The third-order valence-electron chi connectivity index (χ3n) is 4.38. The molecule has 1 saturated heterocycles. The number of nitrogens with zero attached hydrogens (tertiary/aromatic N) is 2. The molecule has 1 fully saturated rings. The predicted octanol–water partition coefficient (Wildman–Crippen LogP) is 2.82. The zero-order valence-corrected chi connectivity index (χ0v) is 19.6. The summed E-state index contributed by atoms with van der Waals surface area (Å²) >= 11 is 0. The lowest BCUT2D eigenvalue weighted by Crippen LogP contribution is -2.38. The van der Waals surface area contributed by atoms with Crippen LogP contribution in [0.5, 0.6) is 11.6 Å². The van der Waals surface area contributed by atoms with E-state index in [1.807, 2.05) is 4.72 Å². The lowest BCUT2D eigenvalue weighted by atomic mass is 10.1. The first-order chi connectivity index (χ1) is 15.8. The van der Waals surface area contributed by atoms with Gasteiger partial charge in [0.25, 0.3) is 10.0 Å². The van der Waals surface area contributed by atoms with Gasteiger partial charge in [-0.2, -0.15) is 13.8 Å². The number of anilines is 1. The number of aryl methyl sites for hydroxylation is 1. The number of para-hydroxylation sites is 1. The number of sulfonamides is 1. The number of amides is 2. The van der Waals surface area contributed by atoms with Gasteiger partial charge < -0.3 is 18.9 Å². The van der Waals surface area contributed by atoms with E-state index in [1.165, 1.54) is 25.1 Å². The highest BCUT2D eigenvalue weighted by molar-refractivity contribution is 7.90. The van der Waals surface area contributed by atoms with Crippen LogP contribution in [0, 0.1) is 6.92 Å². The van der Waals surface area contributed by atoms with Gasteiger partial charge in [-0.3, -0.25) is 5.32 Å². The number of nitrogens with one attached hydrogen (secondary N) is 2. The fraction of sp³-hybridized carbons (Fsp3) is 0.450. The first-order valence-corrected chi connectivity index (χ1v) is 11.5. The largest absolute Gasteiger partial charge is 0.489 e. The topological polar surface area (TPSA) is 138 Å². The molecule has 0 radical (unpaired) electrons. The van der Waals surface area contributed by atoms with Crippen LogP contribution in [0.2, 0.25) is 0 Å². The molecule has 1 aliphatic heterocycles. The van der Waals surface area contributed by atoms with Gasteiger partial charge in [0.05, 0.1) is 6.61 Å². The Hall–Kier alpha value is -3.10. The second-order valence-electron chi connectivity index (χ2n) is 8.09. The van der Waals surface area contributed by atoms with E-state index in [4.69, 9.17) is 14.2 Å². The van der Waals surface area contributed by atoms with E-state index in [-0.39, 0.29) is 29.6 Å². The monoisotopic (exact) mass is 502 g/mol. The highest BCUT2D eigenvalue weighted by atomic mass is 32.2. The molecule has 2 N–H and O–H groups in total. The Bertz CT molecular complexity index is 1160. The Balaban J connectivity index is 1.71. The maximum atomic E-state index is 12.8. The first kappa shape index (κ1) is 25.5. The Morgan fingerprint density at radius 1 is 1.24 bits per heavy atom. The van der Waals surface area contributed by atoms with Gasteiger partial charge in [-0.25, -0.2) is 22.9 Å². The predicted molar refractivity (Wildman–Crippen MR) is 114 cm³/mol. The molecule has 0 aliphatic carbocycles. The number of aromatic nitrogens is 2. The number of rotatable bonds is 8. The quantitative estimate of drug-likeness (QED) is 0.558. The number of ether oxygens (including phenoxy) is 4. The van der Waals surface area contributed by atoms with Crippen LogP contribution < -0.4 is 19.5 Å². The standard InChI is InChI=1S/C20H24F2N4O7S/c1-12-9-15(32-16(21)22)24-17(23-12)25-18(27)26-34(28,29)14-8-6-5-7-13(14)30-10-20(4)11-31-19(2,3)33-20/h5-9,16H,10-11H2,1-4H3,(H2,23,24,25,26,27). The third kappa shape index (κ3) is 6.71. The SMILES string of the molecule is Cc1cc(OC(F)F)nc(NC(=O)NS(=O)(=O)c2ccccc2OCC2(C)COC(C)(C)O2)n1.